The van der Waals surface area contributed by atoms with Gasteiger partial charge in [-0.1, -0.05) is 6.58 Å². The fourth-order valence-corrected chi connectivity index (χ4v) is 2.41. The molecule has 0 bridgehead atoms. The van der Waals surface area contributed by atoms with Crippen LogP contribution in [-0.2, 0) is 18.1 Å². The minimum Gasteiger partial charge on any atom is -0.281 e. The molecule has 0 heterocycles. The van der Waals surface area contributed by atoms with Crippen LogP contribution in [0, 0.1) is 0 Å². The summed E-state index contributed by atoms with van der Waals surface area (Å²) in [7, 11) is -3.62. The summed E-state index contributed by atoms with van der Waals surface area (Å²) in [5, 5.41) is -0.594. The van der Waals surface area contributed by atoms with Gasteiger partial charge in [-0.3, -0.25) is 8.98 Å². The molecule has 12 heavy (non-hydrogen) atoms. The van der Waals surface area contributed by atoms with E-state index in [0.29, 0.717) is 0 Å². The van der Waals surface area contributed by atoms with Crippen molar-refractivity contribution in [2.45, 2.75) is 13.8 Å². The third-order valence-corrected chi connectivity index (χ3v) is 3.37. The maximum absolute atomic E-state index is 10.8. The van der Waals surface area contributed by atoms with Crippen molar-refractivity contribution in [3.05, 3.63) is 12.2 Å². The third-order valence-electron chi connectivity index (χ3n) is 0.788. The van der Waals surface area contributed by atoms with Crippen LogP contribution in [0.4, 0.5) is 0 Å². The van der Waals surface area contributed by atoms with Crippen molar-refractivity contribution in [2.75, 3.05) is 6.61 Å². The number of rotatable bonds is 4. The topological polar surface area (TPSA) is 60.4 Å². The highest BCUT2D eigenvalue weighted by atomic mass is 33.1. The Balaban J connectivity index is 4.26. The molecule has 0 atom stereocenters. The number of hydrogen-bond acceptors (Lipinski definition) is 5. The van der Waals surface area contributed by atoms with Crippen LogP contribution in [0.5, 0.6) is 0 Å². The first-order valence-corrected chi connectivity index (χ1v) is 5.92. The molecule has 0 aromatic rings. The predicted octanol–water partition coefficient (Wildman–Crippen LogP) is 1.10. The van der Waals surface area contributed by atoms with E-state index in [4.69, 9.17) is 0 Å². The smallest absolute Gasteiger partial charge is 0.281 e. The van der Waals surface area contributed by atoms with E-state index in [1.807, 2.05) is 0 Å². The molecule has 6 heteroatoms. The van der Waals surface area contributed by atoms with Gasteiger partial charge >= 0.3 is 9.15 Å². The van der Waals surface area contributed by atoms with E-state index >= 15 is 0 Å². The molecule has 0 aliphatic carbocycles. The second kappa shape index (κ2) is 4.64. The van der Waals surface area contributed by atoms with Crippen molar-refractivity contribution in [1.29, 1.82) is 0 Å². The van der Waals surface area contributed by atoms with Crippen molar-refractivity contribution >= 4 is 25.1 Å². The second-order valence-electron chi connectivity index (χ2n) is 1.97. The fourth-order valence-electron chi connectivity index (χ4n) is 0.332. The maximum atomic E-state index is 10.8. The molecule has 0 amide bonds. The van der Waals surface area contributed by atoms with Crippen LogP contribution in [0.2, 0.25) is 0 Å². The Labute approximate surface area is 75.5 Å². The van der Waals surface area contributed by atoms with Crippen LogP contribution >= 0.6 is 10.8 Å². The van der Waals surface area contributed by atoms with Gasteiger partial charge in [-0.25, -0.2) is 0 Å². The minimum absolute atomic E-state index is 0.0266. The first kappa shape index (κ1) is 11.7. The standard InChI is InChI=1S/C6H10O4S2/c1-4-10-12(8,9)11-6(7)5(2)3/h2,4H2,1,3H3. The Morgan fingerprint density at radius 3 is 2.42 bits per heavy atom. The Bertz CT molecular complexity index is 278. The molecule has 70 valence electrons. The molecule has 0 radical (unpaired) electrons. The molecule has 0 aliphatic heterocycles. The van der Waals surface area contributed by atoms with Gasteiger partial charge < -0.3 is 0 Å². The van der Waals surface area contributed by atoms with Gasteiger partial charge in [0.05, 0.1) is 17.4 Å². The van der Waals surface area contributed by atoms with Crippen LogP contribution in [0.25, 0.3) is 0 Å². The fraction of sp³-hybridized carbons (Fsp3) is 0.500. The molecular formula is C6H10O4S2. The molecule has 0 spiro atoms. The number of hydrogen-bond donors (Lipinski definition) is 0. The van der Waals surface area contributed by atoms with Crippen LogP contribution in [0.1, 0.15) is 13.8 Å². The lowest BCUT2D eigenvalue weighted by Crippen LogP contribution is -2.04. The monoisotopic (exact) mass is 210 g/mol. The summed E-state index contributed by atoms with van der Waals surface area (Å²) < 4.78 is 26.0. The molecule has 0 unspecified atom stereocenters. The number of carbonyl (C=O) groups is 1. The first-order valence-electron chi connectivity index (χ1n) is 3.17. The Morgan fingerprint density at radius 2 is 2.08 bits per heavy atom. The van der Waals surface area contributed by atoms with Crippen LogP contribution in [0.3, 0.4) is 0 Å². The molecular weight excluding hydrogens is 200 g/mol. The van der Waals surface area contributed by atoms with Crippen LogP contribution in [0.15, 0.2) is 12.2 Å². The van der Waals surface area contributed by atoms with Crippen molar-refractivity contribution in [1.82, 2.24) is 0 Å². The van der Waals surface area contributed by atoms with Gasteiger partial charge in [0.2, 0.25) is 5.12 Å². The van der Waals surface area contributed by atoms with Gasteiger partial charge in [-0.2, -0.15) is 8.42 Å². The second-order valence-corrected chi connectivity index (χ2v) is 5.28. The average molecular weight is 210 g/mol. The Kier molecular flexibility index (Phi) is 4.51. The van der Waals surface area contributed by atoms with Crippen LogP contribution < -0.4 is 0 Å². The van der Waals surface area contributed by atoms with E-state index in [2.05, 4.69) is 10.8 Å². The molecule has 0 saturated carbocycles. The summed E-state index contributed by atoms with van der Waals surface area (Å²) in [5.74, 6) is 0. The predicted molar refractivity (Wildman–Crippen MR) is 48.0 cm³/mol. The zero-order valence-corrected chi connectivity index (χ0v) is 8.50. The van der Waals surface area contributed by atoms with Gasteiger partial charge in [0.15, 0.2) is 0 Å². The van der Waals surface area contributed by atoms with Crippen molar-refractivity contribution in [2.24, 2.45) is 0 Å². The van der Waals surface area contributed by atoms with E-state index in [1.54, 1.807) is 0 Å². The van der Waals surface area contributed by atoms with E-state index < -0.39 is 14.3 Å². The summed E-state index contributed by atoms with van der Waals surface area (Å²) in [6.45, 7) is 6.31. The lowest BCUT2D eigenvalue weighted by atomic mass is 10.4. The van der Waals surface area contributed by atoms with Crippen LogP contribution in [-0.4, -0.2) is 20.1 Å². The average Bonchev–Trinajstić information content (AvgIpc) is 1.85. The summed E-state index contributed by atoms with van der Waals surface area (Å²) in [6.07, 6.45) is 0. The summed E-state index contributed by atoms with van der Waals surface area (Å²) in [4.78, 5) is 10.8. The van der Waals surface area contributed by atoms with Crippen molar-refractivity contribution in [3.8, 4) is 0 Å². The summed E-state index contributed by atoms with van der Waals surface area (Å²) >= 11 is 0. The van der Waals surface area contributed by atoms with E-state index in [-0.39, 0.29) is 23.0 Å². The molecule has 0 rings (SSSR count). The van der Waals surface area contributed by atoms with Gasteiger partial charge in [0.1, 0.15) is 0 Å². The van der Waals surface area contributed by atoms with E-state index in [9.17, 15) is 13.2 Å². The summed E-state index contributed by atoms with van der Waals surface area (Å²) in [6, 6.07) is 0. The molecule has 0 fully saturated rings. The molecule has 4 nitrogen and oxygen atoms in total. The quantitative estimate of drug-likeness (QED) is 0.513. The highest BCUT2D eigenvalue weighted by molar-refractivity contribution is 8.76. The van der Waals surface area contributed by atoms with Gasteiger partial charge in [0.25, 0.3) is 0 Å². The van der Waals surface area contributed by atoms with Crippen molar-refractivity contribution in [3.63, 3.8) is 0 Å². The van der Waals surface area contributed by atoms with Gasteiger partial charge in [0, 0.05) is 0 Å². The lowest BCUT2D eigenvalue weighted by Gasteiger charge is -1.99. The summed E-state index contributed by atoms with van der Waals surface area (Å²) in [5.41, 5.74) is 0.184. The third kappa shape index (κ3) is 4.53. The van der Waals surface area contributed by atoms with E-state index in [1.165, 1.54) is 13.8 Å². The van der Waals surface area contributed by atoms with E-state index in [0.717, 1.165) is 0 Å². The zero-order chi connectivity index (χ0) is 9.78. The first-order chi connectivity index (χ1) is 5.39. The molecule has 0 N–H and O–H groups in total. The maximum Gasteiger partial charge on any atom is 0.329 e. The SMILES string of the molecule is C=C(C)C(=O)SS(=O)(=O)OCC. The molecule has 0 aromatic heterocycles. The zero-order valence-electron chi connectivity index (χ0n) is 6.86. The van der Waals surface area contributed by atoms with Gasteiger partial charge in [-0.15, -0.1) is 0 Å². The highest BCUT2D eigenvalue weighted by Gasteiger charge is 2.17. The largest absolute Gasteiger partial charge is 0.329 e. The minimum atomic E-state index is -3.77. The van der Waals surface area contributed by atoms with Gasteiger partial charge in [-0.05, 0) is 19.4 Å². The number of carbonyl (C=O) groups excluding carboxylic acids is 1. The normalized spacial score (nSPS) is 11.2. The molecule has 0 saturated heterocycles. The molecule has 0 aromatic carbocycles. The Morgan fingerprint density at radius 1 is 1.58 bits per heavy atom. The molecule has 0 aliphatic rings. The lowest BCUT2D eigenvalue weighted by molar-refractivity contribution is -0.107. The van der Waals surface area contributed by atoms with Crippen molar-refractivity contribution < 1.29 is 17.4 Å². The Hall–Kier alpha value is -0.330. The highest BCUT2D eigenvalue weighted by Crippen LogP contribution is 2.18.